The standard InChI is InChI=1S/C15H18N2OP.C14H20N2O.Y/c1-10-7-15(2,14(18)17(10)19)8-11-9-16-13-6-4-3-5-12(11)13;1-10(15)7-14(2,17)8-11-9-16-13-6-4-3-5-12(11)13;/h3-6,9-10H,7-8,19H2,1-2H3;3-6,9-10,16-17H,7-8,15H2,1-2H3;/q-1;;/t10-,15+;10-,14+;/m00./s1. The molecule has 1 radical (unpaired) electrons. The molecule has 1 fully saturated rings. The number of nitrogens with one attached hydrogen (secondary N) is 1. The summed E-state index contributed by atoms with van der Waals surface area (Å²) in [6.45, 7) is 7.93. The van der Waals surface area contributed by atoms with E-state index in [2.05, 4.69) is 45.3 Å². The molecule has 0 saturated carbocycles. The summed E-state index contributed by atoms with van der Waals surface area (Å²) in [7, 11) is 2.55. The molecule has 2 aromatic heterocycles. The van der Waals surface area contributed by atoms with Crippen LogP contribution in [0.15, 0.2) is 60.9 Å². The second-order valence-corrected chi connectivity index (χ2v) is 11.6. The van der Waals surface area contributed by atoms with Gasteiger partial charge in [-0.15, -0.1) is 5.52 Å². The van der Waals surface area contributed by atoms with Crippen molar-refractivity contribution < 1.29 is 42.6 Å². The van der Waals surface area contributed by atoms with Crippen molar-refractivity contribution >= 4 is 37.1 Å². The van der Waals surface area contributed by atoms with Crippen LogP contribution in [0.1, 0.15) is 51.7 Å². The van der Waals surface area contributed by atoms with Crippen LogP contribution in [0.25, 0.3) is 21.8 Å². The molecule has 0 bridgehead atoms. The fraction of sp³-hybridized carbons (Fsp3) is 0.414. The Labute approximate surface area is 247 Å². The molecule has 2 aromatic carbocycles. The van der Waals surface area contributed by atoms with E-state index >= 15 is 0 Å². The monoisotopic (exact) mass is 594 g/mol. The second kappa shape index (κ2) is 12.1. The van der Waals surface area contributed by atoms with Gasteiger partial charge in [-0.1, -0.05) is 55.0 Å². The molecule has 0 aliphatic carbocycles. The molecule has 6 nitrogen and oxygen atoms in total. The van der Waals surface area contributed by atoms with Gasteiger partial charge in [0.15, 0.2) is 0 Å². The van der Waals surface area contributed by atoms with E-state index in [-0.39, 0.29) is 56.1 Å². The zero-order chi connectivity index (χ0) is 26.1. The number of carbonyl (C=O) groups is 1. The van der Waals surface area contributed by atoms with E-state index < -0.39 is 5.60 Å². The first-order valence-electron chi connectivity index (χ1n) is 12.6. The van der Waals surface area contributed by atoms with Crippen LogP contribution in [-0.2, 0) is 50.3 Å². The minimum absolute atomic E-state index is 0. The number of hydrogen-bond donors (Lipinski definition) is 3. The fourth-order valence-corrected chi connectivity index (χ4v) is 6.00. The number of H-pyrrole nitrogens is 1. The fourth-order valence-electron chi connectivity index (χ4n) is 5.59. The summed E-state index contributed by atoms with van der Waals surface area (Å²) < 4.78 is 1.79. The number of aromatic nitrogens is 2. The molecule has 195 valence electrons. The largest absolute Gasteiger partial charge is 0.663 e. The molecular formula is C29H38N4O2PY-. The first-order valence-corrected chi connectivity index (χ1v) is 13.1. The van der Waals surface area contributed by atoms with Gasteiger partial charge in [0, 0.05) is 68.3 Å². The predicted molar refractivity (Wildman–Crippen MR) is 151 cm³/mol. The molecule has 5 atom stereocenters. The number of para-hydroxylation sites is 2. The molecule has 37 heavy (non-hydrogen) atoms. The Hall–Kier alpha value is -1.56. The number of rotatable bonds is 6. The first-order chi connectivity index (χ1) is 17.0. The Morgan fingerprint density at radius 3 is 2.51 bits per heavy atom. The number of carbonyl (C=O) groups excluding carboxylic acids is 1. The third kappa shape index (κ3) is 6.91. The predicted octanol–water partition coefficient (Wildman–Crippen LogP) is 4.95. The number of nitrogens with zero attached hydrogens (tertiary/aromatic N) is 2. The van der Waals surface area contributed by atoms with Crippen LogP contribution in [0, 0.1) is 5.41 Å². The van der Waals surface area contributed by atoms with Gasteiger partial charge in [-0.25, -0.2) is 0 Å². The number of hydrogen-bond acceptors (Lipinski definition) is 3. The van der Waals surface area contributed by atoms with Crippen molar-refractivity contribution in [2.75, 3.05) is 0 Å². The van der Waals surface area contributed by atoms with E-state index in [1.165, 1.54) is 16.3 Å². The topological polar surface area (TPSA) is 96.5 Å². The number of aromatic amines is 1. The SMILES string of the molecule is C[C@H](N)C[C@@](C)(O)Cc1c[nH]c2ccccc12.C[C@H]1C[C@](C)(Cc2c[n-]c3ccccc23)C(=O)N1P.[Y]. The summed E-state index contributed by atoms with van der Waals surface area (Å²) in [5.74, 6) is 0.218. The molecule has 1 unspecified atom stereocenters. The van der Waals surface area contributed by atoms with Crippen molar-refractivity contribution in [3.05, 3.63) is 72.1 Å². The van der Waals surface area contributed by atoms with Gasteiger partial charge < -0.3 is 25.5 Å². The molecule has 4 aromatic rings. The molecule has 3 heterocycles. The number of nitrogens with two attached hydrogens (primary N) is 1. The van der Waals surface area contributed by atoms with Gasteiger partial charge in [0.25, 0.3) is 0 Å². The van der Waals surface area contributed by atoms with Crippen LogP contribution in [0.2, 0.25) is 0 Å². The summed E-state index contributed by atoms with van der Waals surface area (Å²) in [6.07, 6.45) is 6.78. The van der Waals surface area contributed by atoms with E-state index in [1.54, 1.807) is 4.67 Å². The van der Waals surface area contributed by atoms with Crippen molar-refractivity contribution in [3.63, 3.8) is 0 Å². The van der Waals surface area contributed by atoms with Crippen LogP contribution in [0.4, 0.5) is 0 Å². The zero-order valence-electron chi connectivity index (χ0n) is 22.2. The number of aliphatic hydroxyl groups is 1. The zero-order valence-corrected chi connectivity index (χ0v) is 26.2. The molecule has 5 rings (SSSR count). The van der Waals surface area contributed by atoms with Crippen molar-refractivity contribution in [3.8, 4) is 0 Å². The second-order valence-electron chi connectivity index (χ2n) is 11.0. The maximum Gasteiger partial charge on any atom is 0.231 e. The molecular weight excluding hydrogens is 556 g/mol. The third-order valence-electron chi connectivity index (χ3n) is 7.17. The van der Waals surface area contributed by atoms with E-state index in [0.29, 0.717) is 12.8 Å². The van der Waals surface area contributed by atoms with Gasteiger partial charge >= 0.3 is 0 Å². The van der Waals surface area contributed by atoms with Gasteiger partial charge in [-0.3, -0.25) is 4.79 Å². The average Bonchev–Trinajstić information content (AvgIpc) is 3.46. The van der Waals surface area contributed by atoms with Crippen molar-refractivity contribution in [1.82, 2.24) is 14.6 Å². The number of benzene rings is 2. The molecule has 1 aliphatic heterocycles. The van der Waals surface area contributed by atoms with Crippen molar-refractivity contribution in [2.45, 2.75) is 71.1 Å². The molecule has 8 heteroatoms. The van der Waals surface area contributed by atoms with Crippen molar-refractivity contribution in [1.29, 1.82) is 0 Å². The molecule has 1 saturated heterocycles. The average molecular weight is 595 g/mol. The Bertz CT molecular complexity index is 1350. The quantitative estimate of drug-likeness (QED) is 0.275. The van der Waals surface area contributed by atoms with Crippen LogP contribution >= 0.6 is 9.39 Å². The maximum absolute atomic E-state index is 12.4. The molecule has 1 amide bonds. The minimum Gasteiger partial charge on any atom is -0.663 e. The number of amides is 1. The van der Waals surface area contributed by atoms with Gasteiger partial charge in [0.1, 0.15) is 0 Å². The van der Waals surface area contributed by atoms with Crippen molar-refractivity contribution in [2.24, 2.45) is 11.1 Å². The number of fused-ring (bicyclic) bond motifs is 2. The Kier molecular flexibility index (Phi) is 9.80. The van der Waals surface area contributed by atoms with Gasteiger partial charge in [-0.2, -0.15) is 6.20 Å². The van der Waals surface area contributed by atoms with Gasteiger partial charge in [0.2, 0.25) is 5.91 Å². The summed E-state index contributed by atoms with van der Waals surface area (Å²) in [5, 5.41) is 12.7. The normalized spacial score (nSPS) is 21.9. The summed E-state index contributed by atoms with van der Waals surface area (Å²) in [5.41, 5.74) is 9.15. The summed E-state index contributed by atoms with van der Waals surface area (Å²) >= 11 is 0. The minimum atomic E-state index is -0.751. The van der Waals surface area contributed by atoms with Crippen LogP contribution in [0.5, 0.6) is 0 Å². The Balaban J connectivity index is 0.000000201. The summed E-state index contributed by atoms with van der Waals surface area (Å²) in [6, 6.07) is 16.5. The molecule has 0 spiro atoms. The van der Waals surface area contributed by atoms with Crippen LogP contribution in [0.3, 0.4) is 0 Å². The van der Waals surface area contributed by atoms with Crippen LogP contribution in [-0.4, -0.2) is 38.4 Å². The third-order valence-corrected chi connectivity index (χ3v) is 7.91. The smallest absolute Gasteiger partial charge is 0.231 e. The van der Waals surface area contributed by atoms with E-state index in [1.807, 2.05) is 62.6 Å². The molecule has 4 N–H and O–H groups in total. The van der Waals surface area contributed by atoms with Gasteiger partial charge in [0.05, 0.1) is 11.0 Å². The van der Waals surface area contributed by atoms with E-state index in [4.69, 9.17) is 5.73 Å². The Morgan fingerprint density at radius 2 is 1.86 bits per heavy atom. The Morgan fingerprint density at radius 1 is 1.22 bits per heavy atom. The first kappa shape index (κ1) is 30.0. The van der Waals surface area contributed by atoms with Crippen LogP contribution < -0.4 is 10.7 Å². The summed E-state index contributed by atoms with van der Waals surface area (Å²) in [4.78, 5) is 20.0. The van der Waals surface area contributed by atoms with Gasteiger partial charge in [-0.05, 0) is 66.4 Å². The van der Waals surface area contributed by atoms with E-state index in [0.717, 1.165) is 29.4 Å². The molecule has 1 aliphatic rings. The van der Waals surface area contributed by atoms with E-state index in [9.17, 15) is 9.90 Å². The maximum atomic E-state index is 12.4.